The normalized spacial score (nSPS) is 18.7. The van der Waals surface area contributed by atoms with Crippen LogP contribution in [-0.4, -0.2) is 40.7 Å². The Morgan fingerprint density at radius 2 is 2.27 bits per heavy atom. The Bertz CT molecular complexity index is 675. The minimum absolute atomic E-state index is 0.171. The summed E-state index contributed by atoms with van der Waals surface area (Å²) in [6, 6.07) is 2.06. The fourth-order valence-electron chi connectivity index (χ4n) is 2.58. The Morgan fingerprint density at radius 3 is 3.05 bits per heavy atom. The number of anilines is 1. The summed E-state index contributed by atoms with van der Waals surface area (Å²) in [4.78, 5) is 18.0. The lowest BCUT2D eigenvalue weighted by atomic mass is 10.2. The van der Waals surface area contributed by atoms with E-state index in [1.807, 2.05) is 26.8 Å². The number of amides is 1. The van der Waals surface area contributed by atoms with Crippen LogP contribution >= 0.6 is 0 Å². The molecule has 22 heavy (non-hydrogen) atoms. The molecule has 0 aliphatic carbocycles. The number of fused-ring (bicyclic) bond motifs is 1. The largest absolute Gasteiger partial charge is 0.462 e. The Balaban J connectivity index is 1.64. The predicted molar refractivity (Wildman–Crippen MR) is 83.8 cm³/mol. The van der Waals surface area contributed by atoms with Crippen LogP contribution < -0.4 is 5.32 Å². The molecule has 1 N–H and O–H groups in total. The van der Waals surface area contributed by atoms with Crippen LogP contribution in [0.3, 0.4) is 0 Å². The molecule has 1 fully saturated rings. The number of carbonyl (C=O) groups is 1. The molecule has 1 atom stereocenters. The molecule has 3 rings (SSSR count). The number of rotatable bonds is 2. The molecule has 0 bridgehead atoms. The quantitative estimate of drug-likeness (QED) is 0.922. The lowest BCUT2D eigenvalue weighted by Gasteiger charge is -2.24. The lowest BCUT2D eigenvalue weighted by Crippen LogP contribution is -2.36. The van der Waals surface area contributed by atoms with Gasteiger partial charge in [-0.05, 0) is 33.3 Å². The smallest absolute Gasteiger partial charge is 0.410 e. The van der Waals surface area contributed by atoms with E-state index in [1.165, 1.54) is 0 Å². The van der Waals surface area contributed by atoms with E-state index < -0.39 is 5.60 Å². The molecule has 0 aromatic carbocycles. The summed E-state index contributed by atoms with van der Waals surface area (Å²) in [7, 11) is 0. The van der Waals surface area contributed by atoms with E-state index in [1.54, 1.807) is 23.6 Å². The van der Waals surface area contributed by atoms with Crippen molar-refractivity contribution in [3.8, 4) is 0 Å². The minimum atomic E-state index is -0.466. The molecular weight excluding hydrogens is 282 g/mol. The number of hydrogen-bond donors (Lipinski definition) is 1. The van der Waals surface area contributed by atoms with Crippen molar-refractivity contribution < 1.29 is 13.9 Å². The van der Waals surface area contributed by atoms with E-state index in [0.29, 0.717) is 13.1 Å². The molecule has 2 aromatic heterocycles. The SMILES string of the molecule is CC(C)(C)OC(=O)N1CCC(Nc2cncc3ccoc23)C1. The first-order chi connectivity index (χ1) is 10.4. The first kappa shape index (κ1) is 14.7. The topological polar surface area (TPSA) is 67.6 Å². The van der Waals surface area contributed by atoms with E-state index in [2.05, 4.69) is 10.3 Å². The molecule has 1 aliphatic rings. The fourth-order valence-corrected chi connectivity index (χ4v) is 2.58. The third-order valence-electron chi connectivity index (χ3n) is 3.56. The van der Waals surface area contributed by atoms with Gasteiger partial charge in [0.1, 0.15) is 5.60 Å². The Hall–Kier alpha value is -2.24. The first-order valence-corrected chi connectivity index (χ1v) is 7.48. The number of ether oxygens (including phenoxy) is 1. The first-order valence-electron chi connectivity index (χ1n) is 7.48. The van der Waals surface area contributed by atoms with Crippen LogP contribution in [0.1, 0.15) is 27.2 Å². The van der Waals surface area contributed by atoms with Crippen molar-refractivity contribution in [1.82, 2.24) is 9.88 Å². The average molecular weight is 303 g/mol. The molecule has 1 unspecified atom stereocenters. The van der Waals surface area contributed by atoms with Gasteiger partial charge in [-0.15, -0.1) is 0 Å². The molecule has 0 saturated carbocycles. The molecule has 118 valence electrons. The van der Waals surface area contributed by atoms with Gasteiger partial charge in [-0.1, -0.05) is 0 Å². The summed E-state index contributed by atoms with van der Waals surface area (Å²) in [6.07, 6.45) is 5.79. The molecule has 2 aromatic rings. The predicted octanol–water partition coefficient (Wildman–Crippen LogP) is 3.25. The molecule has 0 radical (unpaired) electrons. The molecule has 1 amide bonds. The van der Waals surface area contributed by atoms with Gasteiger partial charge in [0.15, 0.2) is 5.58 Å². The molecule has 0 spiro atoms. The zero-order valence-electron chi connectivity index (χ0n) is 13.1. The van der Waals surface area contributed by atoms with E-state index in [4.69, 9.17) is 9.15 Å². The van der Waals surface area contributed by atoms with Gasteiger partial charge in [0.2, 0.25) is 0 Å². The number of furan rings is 1. The van der Waals surface area contributed by atoms with Gasteiger partial charge in [-0.25, -0.2) is 4.79 Å². The van der Waals surface area contributed by atoms with Crippen LogP contribution in [0.5, 0.6) is 0 Å². The highest BCUT2D eigenvalue weighted by Crippen LogP contribution is 2.25. The van der Waals surface area contributed by atoms with Gasteiger partial charge in [0.05, 0.1) is 18.1 Å². The number of aromatic nitrogens is 1. The van der Waals surface area contributed by atoms with Crippen LogP contribution in [0.15, 0.2) is 29.1 Å². The molecule has 6 nitrogen and oxygen atoms in total. The summed E-state index contributed by atoms with van der Waals surface area (Å²) in [5.74, 6) is 0. The standard InChI is InChI=1S/C16H21N3O3/c1-16(2,3)22-15(20)19-6-4-12(10-19)18-13-9-17-8-11-5-7-21-14(11)13/h5,7-9,12,18H,4,6,10H2,1-3H3. The molecule has 6 heteroatoms. The zero-order valence-corrected chi connectivity index (χ0v) is 13.1. The van der Waals surface area contributed by atoms with Gasteiger partial charge in [0.25, 0.3) is 0 Å². The van der Waals surface area contributed by atoms with E-state index in [9.17, 15) is 4.79 Å². The summed E-state index contributed by atoms with van der Waals surface area (Å²) in [5.41, 5.74) is 1.19. The van der Waals surface area contributed by atoms with Crippen molar-refractivity contribution in [3.63, 3.8) is 0 Å². The van der Waals surface area contributed by atoms with Gasteiger partial charge in [0, 0.05) is 30.7 Å². The summed E-state index contributed by atoms with van der Waals surface area (Å²) in [5, 5.41) is 4.38. The van der Waals surface area contributed by atoms with Crippen LogP contribution in [0.25, 0.3) is 11.0 Å². The maximum absolute atomic E-state index is 12.1. The van der Waals surface area contributed by atoms with Crippen LogP contribution in [-0.2, 0) is 4.74 Å². The van der Waals surface area contributed by atoms with Gasteiger partial charge in [-0.2, -0.15) is 0 Å². The highest BCUT2D eigenvalue weighted by Gasteiger charge is 2.30. The Morgan fingerprint density at radius 1 is 1.45 bits per heavy atom. The van der Waals surface area contributed by atoms with Crippen molar-refractivity contribution in [2.45, 2.75) is 38.8 Å². The Kier molecular flexibility index (Phi) is 3.68. The average Bonchev–Trinajstić information content (AvgIpc) is 3.05. The lowest BCUT2D eigenvalue weighted by molar-refractivity contribution is 0.0293. The summed E-state index contributed by atoms with van der Waals surface area (Å²) in [6.45, 7) is 6.93. The minimum Gasteiger partial charge on any atom is -0.462 e. The van der Waals surface area contributed by atoms with Gasteiger partial charge >= 0.3 is 6.09 Å². The highest BCUT2D eigenvalue weighted by molar-refractivity contribution is 5.87. The second-order valence-electron chi connectivity index (χ2n) is 6.58. The van der Waals surface area contributed by atoms with E-state index in [-0.39, 0.29) is 12.1 Å². The number of pyridine rings is 1. The van der Waals surface area contributed by atoms with Gasteiger partial charge in [-0.3, -0.25) is 4.98 Å². The second kappa shape index (κ2) is 5.51. The summed E-state index contributed by atoms with van der Waals surface area (Å²) < 4.78 is 10.9. The molecule has 1 aliphatic heterocycles. The maximum atomic E-state index is 12.1. The molecule has 1 saturated heterocycles. The van der Waals surface area contributed by atoms with Crippen molar-refractivity contribution in [2.75, 3.05) is 18.4 Å². The number of nitrogens with zero attached hydrogens (tertiary/aromatic N) is 2. The zero-order chi connectivity index (χ0) is 15.7. The molecule has 3 heterocycles. The fraction of sp³-hybridized carbons (Fsp3) is 0.500. The van der Waals surface area contributed by atoms with Gasteiger partial charge < -0.3 is 19.4 Å². The van der Waals surface area contributed by atoms with Crippen molar-refractivity contribution >= 4 is 22.7 Å². The maximum Gasteiger partial charge on any atom is 0.410 e. The van der Waals surface area contributed by atoms with Crippen LogP contribution in [0.4, 0.5) is 10.5 Å². The van der Waals surface area contributed by atoms with Crippen molar-refractivity contribution in [2.24, 2.45) is 0 Å². The van der Waals surface area contributed by atoms with E-state index in [0.717, 1.165) is 23.1 Å². The number of hydrogen-bond acceptors (Lipinski definition) is 5. The second-order valence-corrected chi connectivity index (χ2v) is 6.58. The monoisotopic (exact) mass is 303 g/mol. The van der Waals surface area contributed by atoms with Crippen LogP contribution in [0, 0.1) is 0 Å². The highest BCUT2D eigenvalue weighted by atomic mass is 16.6. The summed E-state index contributed by atoms with van der Waals surface area (Å²) >= 11 is 0. The Labute approximate surface area is 129 Å². The van der Waals surface area contributed by atoms with Crippen molar-refractivity contribution in [1.29, 1.82) is 0 Å². The number of carbonyl (C=O) groups excluding carboxylic acids is 1. The van der Waals surface area contributed by atoms with Crippen LogP contribution in [0.2, 0.25) is 0 Å². The number of likely N-dealkylation sites (tertiary alicyclic amines) is 1. The third kappa shape index (κ3) is 3.16. The molecular formula is C16H21N3O3. The third-order valence-corrected chi connectivity index (χ3v) is 3.56. The number of nitrogens with one attached hydrogen (secondary N) is 1. The van der Waals surface area contributed by atoms with E-state index >= 15 is 0 Å². The van der Waals surface area contributed by atoms with Crippen molar-refractivity contribution in [3.05, 3.63) is 24.7 Å².